The first-order valence-electron chi connectivity index (χ1n) is 9.20. The van der Waals surface area contributed by atoms with Crippen LogP contribution in [0.25, 0.3) is 0 Å². The summed E-state index contributed by atoms with van der Waals surface area (Å²) in [6.45, 7) is -1.30. The van der Waals surface area contributed by atoms with Crippen LogP contribution in [-0.4, -0.2) is 89.9 Å². The highest BCUT2D eigenvalue weighted by atomic mass is 32.1. The summed E-state index contributed by atoms with van der Waals surface area (Å²) in [5, 5.41) is 26.6. The molecule has 0 aliphatic heterocycles. The first-order valence-corrected chi connectivity index (χ1v) is 9.83. The SMILES string of the molecule is NCCCC[C@H](NC(=O)[C@H](CS)NC(=O)[C@@H](N)CO)C(=O)NCC(=O)NCC(=O)O. The highest BCUT2D eigenvalue weighted by Gasteiger charge is 2.27. The van der Waals surface area contributed by atoms with Crippen LogP contribution >= 0.6 is 12.6 Å². The number of hydrogen-bond acceptors (Lipinski definition) is 9. The fourth-order valence-electron chi connectivity index (χ4n) is 2.12. The molecular formula is C16H30N6O7S. The fraction of sp³-hybridized carbons (Fsp3) is 0.688. The Labute approximate surface area is 179 Å². The summed E-state index contributed by atoms with van der Waals surface area (Å²) in [5.41, 5.74) is 10.8. The number of amides is 4. The third kappa shape index (κ3) is 11.5. The summed E-state index contributed by atoms with van der Waals surface area (Å²) in [7, 11) is 0. The molecule has 172 valence electrons. The lowest BCUT2D eigenvalue weighted by Gasteiger charge is -2.23. The summed E-state index contributed by atoms with van der Waals surface area (Å²) in [4.78, 5) is 58.6. The van der Waals surface area contributed by atoms with Gasteiger partial charge in [-0.05, 0) is 25.8 Å². The third-order valence-corrected chi connectivity index (χ3v) is 4.15. The number of aliphatic hydroxyl groups excluding tert-OH is 1. The van der Waals surface area contributed by atoms with E-state index < -0.39 is 67.4 Å². The number of nitrogens with one attached hydrogen (secondary N) is 4. The number of nitrogens with two attached hydrogens (primary N) is 2. The average Bonchev–Trinajstić information content (AvgIpc) is 2.72. The van der Waals surface area contributed by atoms with Gasteiger partial charge in [-0.2, -0.15) is 12.6 Å². The zero-order valence-electron chi connectivity index (χ0n) is 16.4. The Morgan fingerprint density at radius 1 is 0.900 bits per heavy atom. The number of carboxylic acids is 1. The molecule has 0 fully saturated rings. The molecule has 0 radical (unpaired) electrons. The lowest BCUT2D eigenvalue weighted by Crippen LogP contribution is -2.57. The van der Waals surface area contributed by atoms with Crippen LogP contribution in [0.1, 0.15) is 19.3 Å². The maximum absolute atomic E-state index is 12.5. The van der Waals surface area contributed by atoms with E-state index in [-0.39, 0.29) is 12.2 Å². The van der Waals surface area contributed by atoms with Crippen molar-refractivity contribution in [1.82, 2.24) is 21.3 Å². The zero-order chi connectivity index (χ0) is 23.1. The first-order chi connectivity index (χ1) is 14.2. The van der Waals surface area contributed by atoms with E-state index in [4.69, 9.17) is 21.7 Å². The predicted molar refractivity (Wildman–Crippen MR) is 109 cm³/mol. The monoisotopic (exact) mass is 450 g/mol. The Bertz CT molecular complexity index is 607. The van der Waals surface area contributed by atoms with Crippen molar-refractivity contribution in [2.24, 2.45) is 11.5 Å². The Morgan fingerprint density at radius 3 is 2.07 bits per heavy atom. The number of carbonyl (C=O) groups excluding carboxylic acids is 4. The predicted octanol–water partition coefficient (Wildman–Crippen LogP) is -4.35. The van der Waals surface area contributed by atoms with Gasteiger partial charge in [-0.25, -0.2) is 0 Å². The van der Waals surface area contributed by atoms with E-state index >= 15 is 0 Å². The van der Waals surface area contributed by atoms with Crippen LogP contribution in [0.2, 0.25) is 0 Å². The van der Waals surface area contributed by atoms with Crippen molar-refractivity contribution < 1.29 is 34.2 Å². The minimum atomic E-state index is -1.23. The number of carbonyl (C=O) groups is 5. The van der Waals surface area contributed by atoms with Crippen LogP contribution in [0, 0.1) is 0 Å². The molecule has 0 aromatic rings. The number of thiol groups is 1. The Hall–Kier alpha value is -2.42. The first kappa shape index (κ1) is 27.6. The van der Waals surface area contributed by atoms with Gasteiger partial charge in [0.2, 0.25) is 23.6 Å². The van der Waals surface area contributed by atoms with Crippen molar-refractivity contribution in [3.05, 3.63) is 0 Å². The lowest BCUT2D eigenvalue weighted by molar-refractivity contribution is -0.138. The number of carboxylic acid groups (broad SMARTS) is 1. The molecule has 4 amide bonds. The van der Waals surface area contributed by atoms with Gasteiger partial charge in [0.15, 0.2) is 0 Å². The molecule has 0 spiro atoms. The van der Waals surface area contributed by atoms with E-state index in [1.807, 2.05) is 0 Å². The van der Waals surface area contributed by atoms with Gasteiger partial charge in [-0.3, -0.25) is 24.0 Å². The van der Waals surface area contributed by atoms with Crippen LogP contribution in [-0.2, 0) is 24.0 Å². The topological polar surface area (TPSA) is 226 Å². The molecule has 0 aliphatic carbocycles. The highest BCUT2D eigenvalue weighted by Crippen LogP contribution is 2.02. The van der Waals surface area contributed by atoms with E-state index in [9.17, 15) is 24.0 Å². The van der Waals surface area contributed by atoms with Crippen molar-refractivity contribution >= 4 is 42.2 Å². The summed E-state index contributed by atoms with van der Waals surface area (Å²) < 4.78 is 0. The van der Waals surface area contributed by atoms with Gasteiger partial charge in [0, 0.05) is 5.75 Å². The highest BCUT2D eigenvalue weighted by molar-refractivity contribution is 7.80. The van der Waals surface area contributed by atoms with E-state index in [0.717, 1.165) is 0 Å². The van der Waals surface area contributed by atoms with Crippen molar-refractivity contribution in [3.63, 3.8) is 0 Å². The molecule has 0 rings (SSSR count). The number of rotatable bonds is 15. The molecule has 0 saturated carbocycles. The minimum absolute atomic E-state index is 0.0928. The normalized spacial score (nSPS) is 13.5. The van der Waals surface area contributed by atoms with Crippen molar-refractivity contribution in [1.29, 1.82) is 0 Å². The maximum atomic E-state index is 12.5. The number of aliphatic hydroxyl groups is 1. The molecule has 13 nitrogen and oxygen atoms in total. The molecule has 0 aromatic carbocycles. The maximum Gasteiger partial charge on any atom is 0.322 e. The second-order valence-corrected chi connectivity index (χ2v) is 6.63. The van der Waals surface area contributed by atoms with E-state index in [1.165, 1.54) is 0 Å². The third-order valence-electron chi connectivity index (χ3n) is 3.79. The van der Waals surface area contributed by atoms with Crippen molar-refractivity contribution in [2.75, 3.05) is 32.0 Å². The number of aliphatic carboxylic acids is 1. The number of unbranched alkanes of at least 4 members (excludes halogenated alkanes) is 1. The fourth-order valence-corrected chi connectivity index (χ4v) is 2.37. The Morgan fingerprint density at radius 2 is 1.53 bits per heavy atom. The smallest absolute Gasteiger partial charge is 0.322 e. The van der Waals surface area contributed by atoms with Gasteiger partial charge in [0.1, 0.15) is 24.7 Å². The standard InChI is InChI=1S/C16H30N6O7S/c17-4-2-1-3-10(15(28)20-5-12(24)19-6-13(25)26)21-16(29)11(8-30)22-14(27)9(18)7-23/h9-11,23,30H,1-8,17-18H2,(H,19,24)(H,20,28)(H,21,29)(H,22,27)(H,25,26)/t9-,10-,11-/m0/s1. The molecule has 0 aromatic heterocycles. The van der Waals surface area contributed by atoms with Gasteiger partial charge in [0.05, 0.1) is 13.2 Å². The Kier molecular flexibility index (Phi) is 14.2. The van der Waals surface area contributed by atoms with Crippen molar-refractivity contribution in [3.8, 4) is 0 Å². The molecule has 0 aliphatic rings. The van der Waals surface area contributed by atoms with Gasteiger partial charge in [-0.15, -0.1) is 0 Å². The number of hydrogen-bond donors (Lipinski definition) is 9. The molecule has 0 heterocycles. The average molecular weight is 451 g/mol. The zero-order valence-corrected chi connectivity index (χ0v) is 17.3. The van der Waals surface area contributed by atoms with Gasteiger partial charge >= 0.3 is 5.97 Å². The van der Waals surface area contributed by atoms with Crippen LogP contribution in [0.4, 0.5) is 0 Å². The van der Waals surface area contributed by atoms with Gasteiger partial charge in [0.25, 0.3) is 0 Å². The summed E-state index contributed by atoms with van der Waals surface area (Å²) in [6.07, 6.45) is 1.32. The molecule has 30 heavy (non-hydrogen) atoms. The molecule has 0 saturated heterocycles. The summed E-state index contributed by atoms with van der Waals surface area (Å²) in [6, 6.07) is -3.35. The molecule has 14 heteroatoms. The van der Waals surface area contributed by atoms with Crippen molar-refractivity contribution in [2.45, 2.75) is 37.4 Å². The van der Waals surface area contributed by atoms with E-state index in [0.29, 0.717) is 19.4 Å². The minimum Gasteiger partial charge on any atom is -0.480 e. The largest absolute Gasteiger partial charge is 0.480 e. The Balaban J connectivity index is 4.93. The van der Waals surface area contributed by atoms with E-state index in [1.54, 1.807) is 0 Å². The summed E-state index contributed by atoms with van der Waals surface area (Å²) in [5.74, 6) is -4.16. The van der Waals surface area contributed by atoms with Crippen LogP contribution < -0.4 is 32.7 Å². The second-order valence-electron chi connectivity index (χ2n) is 6.27. The van der Waals surface area contributed by atoms with E-state index in [2.05, 4.69) is 33.9 Å². The quantitative estimate of drug-likeness (QED) is 0.0866. The van der Waals surface area contributed by atoms with Crippen LogP contribution in [0.15, 0.2) is 0 Å². The molecular weight excluding hydrogens is 420 g/mol. The van der Waals surface area contributed by atoms with Gasteiger partial charge in [-0.1, -0.05) is 0 Å². The second kappa shape index (κ2) is 15.4. The van der Waals surface area contributed by atoms with Gasteiger partial charge < -0.3 is 42.9 Å². The van der Waals surface area contributed by atoms with Crippen LogP contribution in [0.3, 0.4) is 0 Å². The summed E-state index contributed by atoms with van der Waals surface area (Å²) >= 11 is 4.00. The molecule has 10 N–H and O–H groups in total. The molecule has 0 bridgehead atoms. The lowest BCUT2D eigenvalue weighted by atomic mass is 10.1. The van der Waals surface area contributed by atoms with Crippen LogP contribution in [0.5, 0.6) is 0 Å². The molecule has 0 unspecified atom stereocenters. The molecule has 3 atom stereocenters.